The van der Waals surface area contributed by atoms with Gasteiger partial charge in [-0.3, -0.25) is 14.6 Å². The second kappa shape index (κ2) is 7.31. The fraction of sp³-hybridized carbons (Fsp3) is 0.364. The molecular formula is C22H23N3O. The summed E-state index contributed by atoms with van der Waals surface area (Å²) in [4.78, 5) is 17.2. The summed E-state index contributed by atoms with van der Waals surface area (Å²) in [5, 5.41) is 9.83. The number of carbonyl (C=O) groups excluding carboxylic acids is 1. The molecule has 2 atom stereocenters. The maximum atomic E-state index is 13.2. The van der Waals surface area contributed by atoms with Gasteiger partial charge in [0.25, 0.3) is 5.91 Å². The number of hydrogen-bond acceptors (Lipinski definition) is 3. The summed E-state index contributed by atoms with van der Waals surface area (Å²) >= 11 is 0. The Labute approximate surface area is 154 Å². The summed E-state index contributed by atoms with van der Waals surface area (Å²) in [5.74, 6) is -0.113. The second-order valence-electron chi connectivity index (χ2n) is 7.10. The van der Waals surface area contributed by atoms with Crippen LogP contribution in [0.4, 0.5) is 5.69 Å². The average Bonchev–Trinajstić information content (AvgIpc) is 3.02. The van der Waals surface area contributed by atoms with Gasteiger partial charge in [-0.1, -0.05) is 67.8 Å². The van der Waals surface area contributed by atoms with Crippen molar-refractivity contribution in [2.75, 3.05) is 4.90 Å². The van der Waals surface area contributed by atoms with Crippen LogP contribution >= 0.6 is 0 Å². The largest absolute Gasteiger partial charge is 0.290 e. The maximum absolute atomic E-state index is 13.2. The molecule has 1 aliphatic heterocycles. The summed E-state index contributed by atoms with van der Waals surface area (Å²) < 4.78 is 0. The summed E-state index contributed by atoms with van der Waals surface area (Å²) in [6.07, 6.45) is 5.46. The van der Waals surface area contributed by atoms with Crippen LogP contribution in [0.1, 0.15) is 43.8 Å². The highest BCUT2D eigenvalue weighted by Crippen LogP contribution is 2.42. The lowest BCUT2D eigenvalue weighted by atomic mass is 9.92. The molecule has 0 aromatic heterocycles. The minimum Gasteiger partial charge on any atom is -0.290 e. The predicted octanol–water partition coefficient (Wildman–Crippen LogP) is 4.26. The molecule has 1 heterocycles. The van der Waals surface area contributed by atoms with Crippen LogP contribution in [0.3, 0.4) is 0 Å². The number of para-hydroxylation sites is 1. The van der Waals surface area contributed by atoms with Crippen LogP contribution in [0, 0.1) is 11.3 Å². The zero-order valence-electron chi connectivity index (χ0n) is 14.8. The molecule has 2 aliphatic rings. The highest BCUT2D eigenvalue weighted by Gasteiger charge is 2.50. The van der Waals surface area contributed by atoms with Gasteiger partial charge in [0.05, 0.1) is 6.07 Å². The summed E-state index contributed by atoms with van der Waals surface area (Å²) in [5.41, 5.74) is 1.91. The molecule has 26 heavy (non-hydrogen) atoms. The van der Waals surface area contributed by atoms with E-state index in [9.17, 15) is 10.1 Å². The van der Waals surface area contributed by atoms with Gasteiger partial charge in [-0.15, -0.1) is 0 Å². The van der Waals surface area contributed by atoms with Crippen molar-refractivity contribution in [2.24, 2.45) is 0 Å². The molecule has 0 spiro atoms. The lowest BCUT2D eigenvalue weighted by Crippen LogP contribution is -2.43. The van der Waals surface area contributed by atoms with Crippen LogP contribution in [0.15, 0.2) is 60.7 Å². The Hall–Kier alpha value is -2.64. The maximum Gasteiger partial charge on any atom is 0.260 e. The van der Waals surface area contributed by atoms with Crippen molar-refractivity contribution in [3.8, 4) is 6.07 Å². The Morgan fingerprint density at radius 1 is 0.885 bits per heavy atom. The van der Waals surface area contributed by atoms with Crippen LogP contribution in [-0.4, -0.2) is 22.9 Å². The van der Waals surface area contributed by atoms with Gasteiger partial charge in [0.15, 0.2) is 6.04 Å². The number of rotatable bonds is 3. The molecule has 1 aliphatic carbocycles. The zero-order valence-corrected chi connectivity index (χ0v) is 14.8. The van der Waals surface area contributed by atoms with Gasteiger partial charge in [-0.25, -0.2) is 0 Å². The molecule has 2 unspecified atom stereocenters. The van der Waals surface area contributed by atoms with E-state index in [-0.39, 0.29) is 18.1 Å². The fourth-order valence-corrected chi connectivity index (χ4v) is 4.37. The van der Waals surface area contributed by atoms with Crippen LogP contribution in [0.2, 0.25) is 0 Å². The van der Waals surface area contributed by atoms with Crippen molar-refractivity contribution in [1.29, 1.82) is 5.26 Å². The number of benzene rings is 2. The standard InChI is InChI=1S/C22H23N3O/c23-16-20-22(26)25(19-14-8-3-9-15-19)21(17-10-4-1-5-11-17)24(20)18-12-6-2-7-13-18/h1,3-5,8-11,14-15,18,20-21H,2,6-7,12-13H2. The van der Waals surface area contributed by atoms with Crippen LogP contribution < -0.4 is 4.90 Å². The van der Waals surface area contributed by atoms with E-state index in [0.717, 1.165) is 24.1 Å². The van der Waals surface area contributed by atoms with Crippen LogP contribution in [0.25, 0.3) is 0 Å². The van der Waals surface area contributed by atoms with E-state index in [0.29, 0.717) is 0 Å². The van der Waals surface area contributed by atoms with E-state index in [4.69, 9.17) is 0 Å². The van der Waals surface area contributed by atoms with Crippen molar-refractivity contribution < 1.29 is 4.79 Å². The molecule has 1 saturated heterocycles. The van der Waals surface area contributed by atoms with Gasteiger partial charge in [0.1, 0.15) is 6.17 Å². The quantitative estimate of drug-likeness (QED) is 0.835. The van der Waals surface area contributed by atoms with Gasteiger partial charge in [-0.2, -0.15) is 5.26 Å². The Balaban J connectivity index is 1.82. The molecule has 0 N–H and O–H groups in total. The second-order valence-corrected chi connectivity index (χ2v) is 7.10. The van der Waals surface area contributed by atoms with Crippen molar-refractivity contribution in [3.63, 3.8) is 0 Å². The normalized spacial score (nSPS) is 24.6. The topological polar surface area (TPSA) is 47.3 Å². The monoisotopic (exact) mass is 345 g/mol. The fourth-order valence-electron chi connectivity index (χ4n) is 4.37. The number of hydrogen-bond donors (Lipinski definition) is 0. The number of amides is 1. The number of carbonyl (C=O) groups is 1. The average molecular weight is 345 g/mol. The molecule has 4 heteroatoms. The molecule has 4 nitrogen and oxygen atoms in total. The first-order valence-electron chi connectivity index (χ1n) is 9.41. The van der Waals surface area contributed by atoms with E-state index in [1.54, 1.807) is 0 Å². The van der Waals surface area contributed by atoms with Crippen molar-refractivity contribution in [1.82, 2.24) is 4.90 Å². The molecule has 1 saturated carbocycles. The lowest BCUT2D eigenvalue weighted by molar-refractivity contribution is -0.118. The van der Waals surface area contributed by atoms with Crippen molar-refractivity contribution in [3.05, 3.63) is 66.2 Å². The third-order valence-electron chi connectivity index (χ3n) is 5.55. The first-order valence-corrected chi connectivity index (χ1v) is 9.41. The molecule has 0 radical (unpaired) electrons. The Bertz CT molecular complexity index is 793. The van der Waals surface area contributed by atoms with E-state index in [1.807, 2.05) is 53.4 Å². The highest BCUT2D eigenvalue weighted by molar-refractivity contribution is 6.01. The molecule has 2 aromatic rings. The summed E-state index contributed by atoms with van der Waals surface area (Å²) in [6.45, 7) is 0. The molecule has 132 valence electrons. The molecule has 2 fully saturated rings. The Kier molecular flexibility index (Phi) is 4.73. The van der Waals surface area contributed by atoms with Crippen molar-refractivity contribution >= 4 is 11.6 Å². The highest BCUT2D eigenvalue weighted by atomic mass is 16.2. The lowest BCUT2D eigenvalue weighted by Gasteiger charge is -2.38. The van der Waals surface area contributed by atoms with Crippen molar-refractivity contribution in [2.45, 2.75) is 50.4 Å². The molecule has 1 amide bonds. The predicted molar refractivity (Wildman–Crippen MR) is 101 cm³/mol. The van der Waals surface area contributed by atoms with Gasteiger partial charge in [-0.05, 0) is 30.5 Å². The van der Waals surface area contributed by atoms with Crippen LogP contribution in [0.5, 0.6) is 0 Å². The first kappa shape index (κ1) is 16.8. The minimum absolute atomic E-state index is 0.113. The van der Waals surface area contributed by atoms with Crippen LogP contribution in [-0.2, 0) is 4.79 Å². The first-order chi connectivity index (χ1) is 12.8. The molecular weight excluding hydrogens is 322 g/mol. The third-order valence-corrected chi connectivity index (χ3v) is 5.55. The Morgan fingerprint density at radius 3 is 2.12 bits per heavy atom. The summed E-state index contributed by atoms with van der Waals surface area (Å²) in [6, 6.07) is 21.7. The Morgan fingerprint density at radius 2 is 1.50 bits per heavy atom. The number of anilines is 1. The number of nitriles is 1. The third kappa shape index (κ3) is 2.89. The number of nitrogens with zero attached hydrogens (tertiary/aromatic N) is 3. The van der Waals surface area contributed by atoms with E-state index < -0.39 is 6.04 Å². The smallest absolute Gasteiger partial charge is 0.260 e. The van der Waals surface area contributed by atoms with Gasteiger partial charge in [0, 0.05) is 11.7 Å². The van der Waals surface area contributed by atoms with Gasteiger partial charge in [0.2, 0.25) is 0 Å². The SMILES string of the molecule is N#CC1C(=O)N(c2ccccc2)C(c2ccccc2)N1C1CCCCC1. The van der Waals surface area contributed by atoms with Gasteiger partial charge < -0.3 is 0 Å². The van der Waals surface area contributed by atoms with Gasteiger partial charge >= 0.3 is 0 Å². The summed E-state index contributed by atoms with van der Waals surface area (Å²) in [7, 11) is 0. The minimum atomic E-state index is -0.719. The zero-order chi connectivity index (χ0) is 17.9. The van der Waals surface area contributed by atoms with E-state index >= 15 is 0 Å². The van der Waals surface area contributed by atoms with E-state index in [2.05, 4.69) is 23.1 Å². The molecule has 4 rings (SSSR count). The van der Waals surface area contributed by atoms with E-state index in [1.165, 1.54) is 19.3 Å². The molecule has 2 aromatic carbocycles. The molecule has 0 bridgehead atoms.